The molecule has 0 bridgehead atoms. The first kappa shape index (κ1) is 14.9. The van der Waals surface area contributed by atoms with E-state index in [0.717, 1.165) is 0 Å². The number of hydrogen-bond donors (Lipinski definition) is 2. The fraction of sp³-hybridized carbons (Fsp3) is 0.455. The van der Waals surface area contributed by atoms with E-state index < -0.39 is 10.0 Å². The summed E-state index contributed by atoms with van der Waals surface area (Å²) >= 11 is 3.22. The van der Waals surface area contributed by atoms with E-state index in [4.69, 9.17) is 9.84 Å². The van der Waals surface area contributed by atoms with Crippen molar-refractivity contribution in [1.82, 2.24) is 9.84 Å². The van der Waals surface area contributed by atoms with Gasteiger partial charge in [-0.15, -0.1) is 4.83 Å². The van der Waals surface area contributed by atoms with Gasteiger partial charge >= 0.3 is 0 Å². The molecule has 0 aliphatic carbocycles. The average Bonchev–Trinajstić information content (AvgIpc) is 2.39. The van der Waals surface area contributed by atoms with Crippen molar-refractivity contribution in [3.8, 4) is 0 Å². The van der Waals surface area contributed by atoms with Gasteiger partial charge in [-0.3, -0.25) is 0 Å². The molecule has 0 atom stereocenters. The fourth-order valence-electron chi connectivity index (χ4n) is 1.73. The minimum atomic E-state index is -3.66. The van der Waals surface area contributed by atoms with Crippen LogP contribution in [0.2, 0.25) is 0 Å². The maximum atomic E-state index is 12.3. The second kappa shape index (κ2) is 6.29. The molecule has 0 unspecified atom stereocenters. The van der Waals surface area contributed by atoms with Crippen molar-refractivity contribution < 1.29 is 18.3 Å². The Balaban J connectivity index is 2.23. The van der Waals surface area contributed by atoms with Crippen LogP contribution in [-0.4, -0.2) is 44.8 Å². The van der Waals surface area contributed by atoms with Crippen molar-refractivity contribution in [3.05, 3.63) is 28.2 Å². The molecule has 0 saturated carbocycles. The van der Waals surface area contributed by atoms with Crippen LogP contribution >= 0.6 is 15.9 Å². The molecule has 2 rings (SSSR count). The third-order valence-corrected chi connectivity index (χ3v) is 5.10. The van der Waals surface area contributed by atoms with Crippen molar-refractivity contribution in [2.75, 3.05) is 26.3 Å². The quantitative estimate of drug-likeness (QED) is 0.825. The van der Waals surface area contributed by atoms with Crippen LogP contribution in [0.5, 0.6) is 0 Å². The molecule has 1 fully saturated rings. The minimum Gasteiger partial charge on any atom is -0.392 e. The first-order chi connectivity index (χ1) is 9.03. The van der Waals surface area contributed by atoms with E-state index in [-0.39, 0.29) is 11.5 Å². The first-order valence-corrected chi connectivity index (χ1v) is 8.05. The van der Waals surface area contributed by atoms with Gasteiger partial charge in [-0.05, 0) is 33.6 Å². The lowest BCUT2D eigenvalue weighted by atomic mass is 10.2. The number of aliphatic hydroxyl groups excluding tert-OH is 1. The number of benzene rings is 1. The molecule has 8 heteroatoms. The number of aliphatic hydroxyl groups is 1. The molecule has 2 N–H and O–H groups in total. The number of hydrogen-bond acceptors (Lipinski definition) is 5. The van der Waals surface area contributed by atoms with Gasteiger partial charge in [0.1, 0.15) is 0 Å². The van der Waals surface area contributed by atoms with Gasteiger partial charge in [0.25, 0.3) is 10.0 Å². The van der Waals surface area contributed by atoms with Gasteiger partial charge in [-0.1, -0.05) is 6.07 Å². The number of rotatable bonds is 4. The van der Waals surface area contributed by atoms with Crippen LogP contribution in [0.1, 0.15) is 5.56 Å². The molecule has 1 aliphatic heterocycles. The molecule has 1 saturated heterocycles. The number of ether oxygens (including phenoxy) is 1. The summed E-state index contributed by atoms with van der Waals surface area (Å²) in [5.74, 6) is 0. The lowest BCUT2D eigenvalue weighted by Crippen LogP contribution is -2.48. The minimum absolute atomic E-state index is 0.116. The standard InChI is InChI=1S/C11H15BrN2O4S/c12-10-2-1-9(8-15)7-11(10)19(16,17)13-14-3-5-18-6-4-14/h1-2,7,13,15H,3-6,8H2. The topological polar surface area (TPSA) is 78.9 Å². The molecule has 0 aromatic heterocycles. The molecule has 1 heterocycles. The Hall–Kier alpha value is -0.510. The monoisotopic (exact) mass is 350 g/mol. The Kier molecular flexibility index (Phi) is 4.93. The number of morpholine rings is 1. The van der Waals surface area contributed by atoms with Gasteiger partial charge in [-0.2, -0.15) is 0 Å². The van der Waals surface area contributed by atoms with Crippen LogP contribution in [0.4, 0.5) is 0 Å². The average molecular weight is 351 g/mol. The zero-order valence-electron chi connectivity index (χ0n) is 10.2. The molecule has 106 valence electrons. The van der Waals surface area contributed by atoms with Crippen LogP contribution in [0.15, 0.2) is 27.6 Å². The Morgan fingerprint density at radius 3 is 2.68 bits per heavy atom. The molecular weight excluding hydrogens is 336 g/mol. The fourth-order valence-corrected chi connectivity index (χ4v) is 3.86. The maximum absolute atomic E-state index is 12.3. The third-order valence-electron chi connectivity index (χ3n) is 2.73. The normalized spacial score (nSPS) is 17.6. The molecule has 0 radical (unpaired) electrons. The number of nitrogens with zero attached hydrogens (tertiary/aromatic N) is 1. The Bertz CT molecular complexity index is 544. The van der Waals surface area contributed by atoms with Gasteiger partial charge < -0.3 is 9.84 Å². The van der Waals surface area contributed by atoms with Gasteiger partial charge in [0, 0.05) is 17.6 Å². The number of hydrazine groups is 1. The SMILES string of the molecule is O=S(=O)(NN1CCOCC1)c1cc(CO)ccc1Br. The lowest BCUT2D eigenvalue weighted by Gasteiger charge is -2.26. The van der Waals surface area contributed by atoms with Gasteiger partial charge in [0.15, 0.2) is 0 Å². The van der Waals surface area contributed by atoms with Crippen LogP contribution in [0.3, 0.4) is 0 Å². The van der Waals surface area contributed by atoms with E-state index in [0.29, 0.717) is 36.3 Å². The summed E-state index contributed by atoms with van der Waals surface area (Å²) in [5, 5.41) is 10.7. The lowest BCUT2D eigenvalue weighted by molar-refractivity contribution is 0.0272. The van der Waals surface area contributed by atoms with Crippen molar-refractivity contribution >= 4 is 26.0 Å². The molecular formula is C11H15BrN2O4S. The predicted octanol–water partition coefficient (Wildman–Crippen LogP) is 0.467. The number of halogens is 1. The number of nitrogens with one attached hydrogen (secondary N) is 1. The second-order valence-corrected chi connectivity index (χ2v) is 6.60. The molecule has 0 amide bonds. The summed E-state index contributed by atoms with van der Waals surface area (Å²) < 4.78 is 30.2. The molecule has 1 aliphatic rings. The van der Waals surface area contributed by atoms with E-state index >= 15 is 0 Å². The Labute approximate surface area is 120 Å². The van der Waals surface area contributed by atoms with Gasteiger partial charge in [0.05, 0.1) is 24.7 Å². The van der Waals surface area contributed by atoms with E-state index in [1.54, 1.807) is 17.1 Å². The highest BCUT2D eigenvalue weighted by Crippen LogP contribution is 2.23. The number of sulfonamides is 1. The molecule has 0 spiro atoms. The van der Waals surface area contributed by atoms with Crippen LogP contribution in [-0.2, 0) is 21.4 Å². The summed E-state index contributed by atoms with van der Waals surface area (Å²) in [6.45, 7) is 1.82. The summed E-state index contributed by atoms with van der Waals surface area (Å²) in [5.41, 5.74) is 0.547. The maximum Gasteiger partial charge on any atom is 0.254 e. The summed E-state index contributed by atoms with van der Waals surface area (Å²) in [7, 11) is -3.66. The molecule has 6 nitrogen and oxygen atoms in total. The Morgan fingerprint density at radius 1 is 1.37 bits per heavy atom. The highest BCUT2D eigenvalue weighted by atomic mass is 79.9. The van der Waals surface area contributed by atoms with Gasteiger partial charge in [-0.25, -0.2) is 13.4 Å². The smallest absolute Gasteiger partial charge is 0.254 e. The zero-order valence-corrected chi connectivity index (χ0v) is 12.6. The summed E-state index contributed by atoms with van der Waals surface area (Å²) in [6.07, 6.45) is 0. The third kappa shape index (κ3) is 3.74. The highest BCUT2D eigenvalue weighted by Gasteiger charge is 2.22. The second-order valence-electron chi connectivity index (χ2n) is 4.12. The predicted molar refractivity (Wildman–Crippen MR) is 72.8 cm³/mol. The first-order valence-electron chi connectivity index (χ1n) is 5.77. The van der Waals surface area contributed by atoms with Crippen molar-refractivity contribution in [1.29, 1.82) is 0 Å². The zero-order chi connectivity index (χ0) is 13.9. The van der Waals surface area contributed by atoms with E-state index in [2.05, 4.69) is 20.8 Å². The molecule has 1 aromatic carbocycles. The van der Waals surface area contributed by atoms with Crippen molar-refractivity contribution in [2.24, 2.45) is 0 Å². The molecule has 1 aromatic rings. The molecule has 19 heavy (non-hydrogen) atoms. The van der Waals surface area contributed by atoms with E-state index in [1.807, 2.05) is 0 Å². The largest absolute Gasteiger partial charge is 0.392 e. The van der Waals surface area contributed by atoms with Crippen LogP contribution in [0.25, 0.3) is 0 Å². The summed E-state index contributed by atoms with van der Waals surface area (Å²) in [6, 6.07) is 4.73. The van der Waals surface area contributed by atoms with Crippen LogP contribution < -0.4 is 4.83 Å². The van der Waals surface area contributed by atoms with Crippen LogP contribution in [0, 0.1) is 0 Å². The van der Waals surface area contributed by atoms with E-state index in [1.165, 1.54) is 6.07 Å². The van der Waals surface area contributed by atoms with E-state index in [9.17, 15) is 8.42 Å². The highest BCUT2D eigenvalue weighted by molar-refractivity contribution is 9.10. The summed E-state index contributed by atoms with van der Waals surface area (Å²) in [4.78, 5) is 2.63. The van der Waals surface area contributed by atoms with Gasteiger partial charge in [0.2, 0.25) is 0 Å². The Morgan fingerprint density at radius 2 is 2.05 bits per heavy atom. The van der Waals surface area contributed by atoms with Crippen molar-refractivity contribution in [3.63, 3.8) is 0 Å². The van der Waals surface area contributed by atoms with Crippen molar-refractivity contribution in [2.45, 2.75) is 11.5 Å².